The summed E-state index contributed by atoms with van der Waals surface area (Å²) >= 11 is 0. The quantitative estimate of drug-likeness (QED) is 0.459. The molecule has 0 bridgehead atoms. The Morgan fingerprint density at radius 1 is 1.00 bits per heavy atom. The fraction of sp³-hybridized carbons (Fsp3) is 0.767. The fourth-order valence-corrected chi connectivity index (χ4v) is 10.6. The van der Waals surface area contributed by atoms with Gasteiger partial charge in [0.15, 0.2) is 5.78 Å². The Balaban J connectivity index is 1.50. The molecule has 208 valence electrons. The zero-order valence-electron chi connectivity index (χ0n) is 23.4. The van der Waals surface area contributed by atoms with Gasteiger partial charge in [0.05, 0.1) is 24.5 Å². The van der Waals surface area contributed by atoms with Gasteiger partial charge in [0.25, 0.3) is 0 Å². The van der Waals surface area contributed by atoms with Crippen LogP contribution in [0.3, 0.4) is 0 Å². The van der Waals surface area contributed by atoms with Crippen molar-refractivity contribution >= 4 is 17.7 Å². The van der Waals surface area contributed by atoms with Gasteiger partial charge >= 0.3 is 11.9 Å². The Morgan fingerprint density at radius 2 is 1.66 bits per heavy atom. The van der Waals surface area contributed by atoms with E-state index >= 15 is 0 Å². The summed E-state index contributed by atoms with van der Waals surface area (Å²) in [6, 6.07) is 1.87. The molecule has 0 aromatic carbocycles. The number of furan rings is 1. The number of hydrogen-bond donors (Lipinski definition) is 1. The monoisotopic (exact) mass is 528 g/mol. The van der Waals surface area contributed by atoms with Crippen LogP contribution in [0, 0.1) is 33.5 Å². The number of aliphatic hydroxyl groups is 1. The van der Waals surface area contributed by atoms with Crippen LogP contribution in [0.15, 0.2) is 23.0 Å². The second-order valence-electron chi connectivity index (χ2n) is 13.8. The van der Waals surface area contributed by atoms with Crippen molar-refractivity contribution in [3.05, 3.63) is 24.2 Å². The lowest BCUT2D eigenvalue weighted by molar-refractivity contribution is -0.287. The molecule has 1 aromatic rings. The van der Waals surface area contributed by atoms with Gasteiger partial charge in [0, 0.05) is 47.5 Å². The van der Waals surface area contributed by atoms with Crippen LogP contribution in [0.4, 0.5) is 0 Å². The van der Waals surface area contributed by atoms with E-state index in [2.05, 4.69) is 34.6 Å². The second-order valence-corrected chi connectivity index (χ2v) is 13.8. The molecule has 0 amide bonds. The molecule has 1 saturated heterocycles. The molecule has 5 aliphatic rings. The van der Waals surface area contributed by atoms with Gasteiger partial charge in [0.2, 0.25) is 0 Å². The molecule has 0 unspecified atom stereocenters. The van der Waals surface area contributed by atoms with E-state index in [0.29, 0.717) is 12.8 Å². The minimum atomic E-state index is -0.813. The van der Waals surface area contributed by atoms with E-state index in [0.717, 1.165) is 18.4 Å². The van der Waals surface area contributed by atoms with Crippen LogP contribution in [0.25, 0.3) is 0 Å². The van der Waals surface area contributed by atoms with Gasteiger partial charge in [0.1, 0.15) is 23.9 Å². The first-order chi connectivity index (χ1) is 17.7. The molecule has 0 radical (unpaired) electrons. The van der Waals surface area contributed by atoms with Crippen LogP contribution in [0.2, 0.25) is 0 Å². The van der Waals surface area contributed by atoms with Crippen molar-refractivity contribution in [1.29, 1.82) is 0 Å². The van der Waals surface area contributed by atoms with E-state index in [-0.39, 0.29) is 35.5 Å². The molecule has 1 aromatic heterocycles. The molecule has 4 saturated carbocycles. The number of carbonyl (C=O) groups is 3. The first-order valence-electron chi connectivity index (χ1n) is 13.9. The molecule has 4 aliphatic carbocycles. The van der Waals surface area contributed by atoms with Gasteiger partial charge in [-0.2, -0.15) is 0 Å². The first kappa shape index (κ1) is 26.1. The zero-order chi connectivity index (χ0) is 27.6. The third kappa shape index (κ3) is 2.81. The minimum Gasteiger partial charge on any atom is -0.472 e. The summed E-state index contributed by atoms with van der Waals surface area (Å²) in [5.41, 5.74) is -2.20. The van der Waals surface area contributed by atoms with Gasteiger partial charge in [-0.05, 0) is 37.2 Å². The number of Topliss-reactive ketones (excluding diaryl/α,β-unsaturated/α-hetero) is 1. The molecule has 6 rings (SSSR count). The highest BCUT2D eigenvalue weighted by molar-refractivity contribution is 5.98. The number of fused-ring (bicyclic) bond motifs is 3. The Hall–Kier alpha value is -2.19. The maximum Gasteiger partial charge on any atom is 0.302 e. The van der Waals surface area contributed by atoms with Crippen molar-refractivity contribution in [2.75, 3.05) is 0 Å². The molecular weight excluding hydrogens is 488 g/mol. The van der Waals surface area contributed by atoms with Crippen molar-refractivity contribution in [3.63, 3.8) is 0 Å². The number of rotatable bonds is 3. The molecule has 1 N–H and O–H groups in total. The summed E-state index contributed by atoms with van der Waals surface area (Å²) < 4.78 is 23.8. The smallest absolute Gasteiger partial charge is 0.302 e. The van der Waals surface area contributed by atoms with Gasteiger partial charge in [-0.25, -0.2) is 0 Å². The van der Waals surface area contributed by atoms with E-state index in [1.807, 2.05) is 6.07 Å². The lowest BCUT2D eigenvalue weighted by atomic mass is 9.35. The van der Waals surface area contributed by atoms with Crippen molar-refractivity contribution in [1.82, 2.24) is 0 Å². The molecule has 1 spiro atoms. The highest BCUT2D eigenvalue weighted by Crippen LogP contribution is 2.82. The fourth-order valence-electron chi connectivity index (χ4n) is 10.6. The second kappa shape index (κ2) is 7.72. The van der Waals surface area contributed by atoms with E-state index in [1.165, 1.54) is 13.8 Å². The predicted octanol–water partition coefficient (Wildman–Crippen LogP) is 4.19. The van der Waals surface area contributed by atoms with Crippen LogP contribution < -0.4 is 0 Å². The van der Waals surface area contributed by atoms with Crippen LogP contribution in [0.5, 0.6) is 0 Å². The van der Waals surface area contributed by atoms with Crippen molar-refractivity contribution in [3.8, 4) is 0 Å². The molecule has 11 atom stereocenters. The molecule has 8 heteroatoms. The molecular formula is C30H40O8. The van der Waals surface area contributed by atoms with Crippen molar-refractivity contribution in [2.24, 2.45) is 33.5 Å². The molecule has 38 heavy (non-hydrogen) atoms. The van der Waals surface area contributed by atoms with Crippen molar-refractivity contribution < 1.29 is 38.1 Å². The third-order valence-corrected chi connectivity index (χ3v) is 12.1. The van der Waals surface area contributed by atoms with Gasteiger partial charge in [-0.3, -0.25) is 14.4 Å². The Labute approximate surface area is 223 Å². The lowest BCUT2D eigenvalue weighted by Gasteiger charge is -2.70. The van der Waals surface area contributed by atoms with Crippen LogP contribution >= 0.6 is 0 Å². The van der Waals surface area contributed by atoms with Crippen molar-refractivity contribution in [2.45, 2.75) is 110 Å². The van der Waals surface area contributed by atoms with E-state index in [4.69, 9.17) is 18.6 Å². The van der Waals surface area contributed by atoms with E-state index in [9.17, 15) is 19.5 Å². The summed E-state index contributed by atoms with van der Waals surface area (Å²) in [4.78, 5) is 38.4. The Morgan fingerprint density at radius 3 is 2.26 bits per heavy atom. The molecule has 8 nitrogen and oxygen atoms in total. The standard InChI is InChI=1S/C30H40O8/c1-15(31)36-21-13-20(33)28(6)18-8-10-27(5)23(17-9-11-35-14-17)24(34)25-30(27,38-25)29(18,7)22(37-16(2)32)12-19(28)26(21,3)4/h9,11,14,18-23,25,33H,8,10,12-13H2,1-7H3/t18-,19-,20-,21+,22+,23-,25-,27-,28+,29-,30-/m0/s1. The minimum absolute atomic E-state index is 0.0593. The number of hydrogen-bond acceptors (Lipinski definition) is 8. The maximum absolute atomic E-state index is 13.9. The third-order valence-electron chi connectivity index (χ3n) is 12.1. The number of aliphatic hydroxyl groups excluding tert-OH is 1. The number of esters is 2. The van der Waals surface area contributed by atoms with E-state index < -0.39 is 51.7 Å². The number of ether oxygens (including phenoxy) is 3. The highest BCUT2D eigenvalue weighted by atomic mass is 16.6. The Bertz CT molecular complexity index is 1190. The predicted molar refractivity (Wildman–Crippen MR) is 135 cm³/mol. The Kier molecular flexibility index (Phi) is 5.29. The van der Waals surface area contributed by atoms with Gasteiger partial charge in [-0.15, -0.1) is 0 Å². The number of carbonyl (C=O) groups excluding carboxylic acids is 3. The summed E-state index contributed by atoms with van der Waals surface area (Å²) in [5, 5.41) is 11.8. The maximum atomic E-state index is 13.9. The summed E-state index contributed by atoms with van der Waals surface area (Å²) in [7, 11) is 0. The van der Waals surface area contributed by atoms with Gasteiger partial charge < -0.3 is 23.7 Å². The summed E-state index contributed by atoms with van der Waals surface area (Å²) in [6.45, 7) is 13.4. The van der Waals surface area contributed by atoms with Crippen LogP contribution in [-0.4, -0.2) is 52.8 Å². The van der Waals surface area contributed by atoms with Gasteiger partial charge in [-0.1, -0.05) is 34.6 Å². The number of epoxide rings is 1. The van der Waals surface area contributed by atoms with Crippen LogP contribution in [0.1, 0.15) is 85.6 Å². The highest BCUT2D eigenvalue weighted by Gasteiger charge is 2.90. The normalized spacial score (nSPS) is 50.2. The first-order valence-corrected chi connectivity index (χ1v) is 13.9. The van der Waals surface area contributed by atoms with Crippen LogP contribution in [-0.2, 0) is 28.6 Å². The number of ketones is 1. The topological polar surface area (TPSA) is 116 Å². The average molecular weight is 529 g/mol. The zero-order valence-corrected chi connectivity index (χ0v) is 23.4. The largest absolute Gasteiger partial charge is 0.472 e. The lowest BCUT2D eigenvalue weighted by Crippen LogP contribution is -2.73. The molecule has 5 fully saturated rings. The molecule has 2 heterocycles. The molecule has 1 aliphatic heterocycles. The summed E-state index contributed by atoms with van der Waals surface area (Å²) in [6.07, 6.45) is 3.29. The SMILES string of the molecule is CC(=O)O[C@@H]1C[C@H](O)[C@@]2(C)[C@@H](C[C@@H](OC(C)=O)[C@]3(C)[C@H]2CC[C@@]2(C)[C@@H](c4ccoc4)C(=O)[C@@H]4O[C@]432)C1(C)C. The van der Waals surface area contributed by atoms with E-state index in [1.54, 1.807) is 12.5 Å². The average Bonchev–Trinajstić information content (AvgIpc) is 3.30. The summed E-state index contributed by atoms with van der Waals surface area (Å²) in [5.74, 6) is -1.22.